The highest BCUT2D eigenvalue weighted by Gasteiger charge is 2.10. The molecule has 3 nitrogen and oxygen atoms in total. The lowest BCUT2D eigenvalue weighted by Crippen LogP contribution is -2.23. The molecule has 1 heterocycles. The Morgan fingerprint density at radius 2 is 2.05 bits per heavy atom. The van der Waals surface area contributed by atoms with Crippen LogP contribution in [0.1, 0.15) is 27.0 Å². The van der Waals surface area contributed by atoms with Gasteiger partial charge in [0.1, 0.15) is 0 Å². The number of amides is 1. The molecule has 1 aliphatic rings. The lowest BCUT2D eigenvalue weighted by atomic mass is 10.0. The number of benzene rings is 2. The van der Waals surface area contributed by atoms with Gasteiger partial charge in [-0.2, -0.15) is 0 Å². The van der Waals surface area contributed by atoms with E-state index in [4.69, 9.17) is 0 Å². The van der Waals surface area contributed by atoms with Gasteiger partial charge >= 0.3 is 0 Å². The van der Waals surface area contributed by atoms with E-state index < -0.39 is 0 Å². The summed E-state index contributed by atoms with van der Waals surface area (Å²) in [5.41, 5.74) is 4.13. The second-order valence-corrected chi connectivity index (χ2v) is 6.04. The summed E-state index contributed by atoms with van der Waals surface area (Å²) in [7, 11) is 0. The first-order valence-corrected chi connectivity index (χ1v) is 8.43. The van der Waals surface area contributed by atoms with Crippen LogP contribution in [0.5, 0.6) is 0 Å². The fourth-order valence-corrected chi connectivity index (χ4v) is 2.82. The van der Waals surface area contributed by atoms with Crippen molar-refractivity contribution in [2.24, 2.45) is 0 Å². The third-order valence-electron chi connectivity index (χ3n) is 3.69. The molecule has 0 atom stereocenters. The lowest BCUT2D eigenvalue weighted by Gasteiger charge is -2.13. The molecule has 0 spiro atoms. The summed E-state index contributed by atoms with van der Waals surface area (Å²) >= 11 is 1.71. The SMILES string of the molecule is CSc1ccc(CNC(=O)c2ccc3c(c2)CNC=C3)cc1. The number of thioether (sulfide) groups is 1. The van der Waals surface area contributed by atoms with Crippen molar-refractivity contribution < 1.29 is 4.79 Å². The van der Waals surface area contributed by atoms with Gasteiger partial charge in [0.25, 0.3) is 5.91 Å². The average molecular weight is 310 g/mol. The van der Waals surface area contributed by atoms with Crippen LogP contribution in [0.15, 0.2) is 53.6 Å². The third-order valence-corrected chi connectivity index (χ3v) is 4.43. The highest BCUT2D eigenvalue weighted by molar-refractivity contribution is 7.98. The normalized spacial score (nSPS) is 12.4. The van der Waals surface area contributed by atoms with Gasteiger partial charge in [-0.15, -0.1) is 11.8 Å². The zero-order chi connectivity index (χ0) is 15.4. The first-order valence-electron chi connectivity index (χ1n) is 7.20. The molecule has 0 unspecified atom stereocenters. The monoisotopic (exact) mass is 310 g/mol. The van der Waals surface area contributed by atoms with Crippen molar-refractivity contribution in [3.8, 4) is 0 Å². The van der Waals surface area contributed by atoms with Crippen molar-refractivity contribution in [1.82, 2.24) is 10.6 Å². The smallest absolute Gasteiger partial charge is 0.251 e. The minimum Gasteiger partial charge on any atom is -0.387 e. The van der Waals surface area contributed by atoms with Crippen molar-refractivity contribution in [2.75, 3.05) is 6.26 Å². The molecule has 2 N–H and O–H groups in total. The van der Waals surface area contributed by atoms with Crippen LogP contribution in [0.3, 0.4) is 0 Å². The molecule has 0 saturated carbocycles. The Bertz CT molecular complexity index is 708. The van der Waals surface area contributed by atoms with E-state index in [0.29, 0.717) is 12.1 Å². The molecule has 3 rings (SSSR count). The first kappa shape index (κ1) is 14.7. The second-order valence-electron chi connectivity index (χ2n) is 5.16. The first-order chi connectivity index (χ1) is 10.8. The van der Waals surface area contributed by atoms with Crippen molar-refractivity contribution in [3.05, 3.63) is 70.9 Å². The molecule has 112 valence electrons. The number of rotatable bonds is 4. The molecular weight excluding hydrogens is 292 g/mol. The number of carbonyl (C=O) groups excluding carboxylic acids is 1. The topological polar surface area (TPSA) is 41.1 Å². The molecule has 0 bridgehead atoms. The van der Waals surface area contributed by atoms with Crippen LogP contribution in [0, 0.1) is 0 Å². The van der Waals surface area contributed by atoms with Gasteiger partial charge in [0.2, 0.25) is 0 Å². The molecule has 1 amide bonds. The van der Waals surface area contributed by atoms with Crippen LogP contribution in [-0.2, 0) is 13.1 Å². The molecular formula is C18H18N2OS. The van der Waals surface area contributed by atoms with Crippen LogP contribution in [0.2, 0.25) is 0 Å². The van der Waals surface area contributed by atoms with Gasteiger partial charge in [-0.3, -0.25) is 4.79 Å². The second kappa shape index (κ2) is 6.71. The van der Waals surface area contributed by atoms with E-state index in [9.17, 15) is 4.79 Å². The van der Waals surface area contributed by atoms with Gasteiger partial charge < -0.3 is 10.6 Å². The van der Waals surface area contributed by atoms with Gasteiger partial charge in [0, 0.05) is 23.5 Å². The molecule has 2 aromatic carbocycles. The minimum absolute atomic E-state index is 0.0358. The van der Waals surface area contributed by atoms with E-state index in [0.717, 1.165) is 17.7 Å². The van der Waals surface area contributed by atoms with E-state index >= 15 is 0 Å². The number of nitrogens with one attached hydrogen (secondary N) is 2. The van der Waals surface area contributed by atoms with Gasteiger partial charge in [-0.25, -0.2) is 0 Å². The summed E-state index contributed by atoms with van der Waals surface area (Å²) in [6.45, 7) is 1.31. The Hall–Kier alpha value is -2.20. The highest BCUT2D eigenvalue weighted by Crippen LogP contribution is 2.17. The quantitative estimate of drug-likeness (QED) is 0.850. The Morgan fingerprint density at radius 1 is 1.23 bits per heavy atom. The number of fused-ring (bicyclic) bond motifs is 1. The molecule has 2 aromatic rings. The molecule has 0 fully saturated rings. The highest BCUT2D eigenvalue weighted by atomic mass is 32.2. The minimum atomic E-state index is -0.0358. The summed E-state index contributed by atoms with van der Waals surface area (Å²) in [6.07, 6.45) is 6.01. The van der Waals surface area contributed by atoms with Crippen LogP contribution in [0.25, 0.3) is 6.08 Å². The summed E-state index contributed by atoms with van der Waals surface area (Å²) in [5.74, 6) is -0.0358. The Kier molecular flexibility index (Phi) is 4.49. The molecule has 0 saturated heterocycles. The van der Waals surface area contributed by atoms with Crippen LogP contribution < -0.4 is 10.6 Å². The Morgan fingerprint density at radius 3 is 2.82 bits per heavy atom. The third kappa shape index (κ3) is 3.34. The molecule has 1 aliphatic heterocycles. The Labute approximate surface area is 134 Å². The summed E-state index contributed by atoms with van der Waals surface area (Å²) < 4.78 is 0. The average Bonchev–Trinajstić information content (AvgIpc) is 2.59. The van der Waals surface area contributed by atoms with E-state index in [1.807, 2.05) is 42.6 Å². The zero-order valence-electron chi connectivity index (χ0n) is 12.4. The maximum atomic E-state index is 12.3. The summed E-state index contributed by atoms with van der Waals surface area (Å²) in [6, 6.07) is 14.1. The maximum Gasteiger partial charge on any atom is 0.251 e. The van der Waals surface area contributed by atoms with Gasteiger partial charge in [0.15, 0.2) is 0 Å². The lowest BCUT2D eigenvalue weighted by molar-refractivity contribution is 0.0951. The van der Waals surface area contributed by atoms with E-state index in [1.54, 1.807) is 11.8 Å². The van der Waals surface area contributed by atoms with Crippen molar-refractivity contribution in [1.29, 1.82) is 0 Å². The maximum absolute atomic E-state index is 12.3. The summed E-state index contributed by atoms with van der Waals surface area (Å²) in [5, 5.41) is 6.14. The van der Waals surface area contributed by atoms with Gasteiger partial charge in [-0.05, 0) is 59.5 Å². The molecule has 4 heteroatoms. The van der Waals surface area contributed by atoms with Gasteiger partial charge in [0.05, 0.1) is 0 Å². The van der Waals surface area contributed by atoms with E-state index in [-0.39, 0.29) is 5.91 Å². The largest absolute Gasteiger partial charge is 0.387 e. The zero-order valence-corrected chi connectivity index (χ0v) is 13.2. The van der Waals surface area contributed by atoms with Crippen molar-refractivity contribution in [3.63, 3.8) is 0 Å². The molecule has 0 radical (unpaired) electrons. The van der Waals surface area contributed by atoms with Crippen molar-refractivity contribution in [2.45, 2.75) is 18.0 Å². The molecule has 22 heavy (non-hydrogen) atoms. The van der Waals surface area contributed by atoms with Crippen LogP contribution >= 0.6 is 11.8 Å². The standard InChI is InChI=1S/C18H18N2OS/c1-22-17-6-2-13(3-7-17)11-20-18(21)15-5-4-14-8-9-19-12-16(14)10-15/h2-10,19H,11-12H2,1H3,(H,20,21). The van der Waals surface area contributed by atoms with Crippen molar-refractivity contribution >= 4 is 23.7 Å². The number of hydrogen-bond donors (Lipinski definition) is 2. The van der Waals surface area contributed by atoms with Gasteiger partial charge in [-0.1, -0.05) is 18.2 Å². The molecule has 0 aliphatic carbocycles. The number of carbonyl (C=O) groups is 1. The van der Waals surface area contributed by atoms with Crippen LogP contribution in [0.4, 0.5) is 0 Å². The predicted molar refractivity (Wildman–Crippen MR) is 91.7 cm³/mol. The predicted octanol–water partition coefficient (Wildman–Crippen LogP) is 3.41. The Balaban J connectivity index is 1.65. The number of hydrogen-bond acceptors (Lipinski definition) is 3. The van der Waals surface area contributed by atoms with Crippen LogP contribution in [-0.4, -0.2) is 12.2 Å². The molecule has 0 aromatic heterocycles. The van der Waals surface area contributed by atoms with E-state index in [2.05, 4.69) is 29.0 Å². The van der Waals surface area contributed by atoms with E-state index in [1.165, 1.54) is 10.5 Å². The fourth-order valence-electron chi connectivity index (χ4n) is 2.41. The fraction of sp³-hybridized carbons (Fsp3) is 0.167. The summed E-state index contributed by atoms with van der Waals surface area (Å²) in [4.78, 5) is 13.5.